The van der Waals surface area contributed by atoms with Crippen LogP contribution >= 0.6 is 0 Å². The fourth-order valence-electron chi connectivity index (χ4n) is 4.59. The third-order valence-electron chi connectivity index (χ3n) is 5.91. The maximum atomic E-state index is 6.40. The van der Waals surface area contributed by atoms with Crippen molar-refractivity contribution in [2.45, 2.75) is 65.8 Å². The molecule has 0 aliphatic heterocycles. The van der Waals surface area contributed by atoms with Crippen molar-refractivity contribution in [1.29, 1.82) is 0 Å². The van der Waals surface area contributed by atoms with Gasteiger partial charge in [0.2, 0.25) is 0 Å². The monoisotopic (exact) mass is 447 g/mol. The maximum Gasteiger partial charge on any atom is 0.197 e. The molecule has 1 atom stereocenters. The Balaban J connectivity index is 0.00000480. The van der Waals surface area contributed by atoms with Crippen LogP contribution in [0.15, 0.2) is 60.7 Å². The Morgan fingerprint density at radius 2 is 1.26 bits per heavy atom. The molecule has 174 valence electrons. The van der Waals surface area contributed by atoms with Crippen LogP contribution in [0.1, 0.15) is 53.0 Å². The highest BCUT2D eigenvalue weighted by Gasteiger charge is 2.47. The molecule has 2 aromatic rings. The van der Waals surface area contributed by atoms with E-state index in [1.807, 2.05) is 37.3 Å². The smallest absolute Gasteiger partial charge is 0.197 e. The van der Waals surface area contributed by atoms with Crippen molar-refractivity contribution in [2.24, 2.45) is 11.8 Å². The van der Waals surface area contributed by atoms with Crippen molar-refractivity contribution in [3.63, 3.8) is 0 Å². The largest absolute Gasteiger partial charge is 1.00 e. The first kappa shape index (κ1) is 27.5. The highest BCUT2D eigenvalue weighted by atomic mass is 35.5. The van der Waals surface area contributed by atoms with E-state index in [0.29, 0.717) is 18.4 Å². The lowest BCUT2D eigenvalue weighted by molar-refractivity contribution is -0.957. The van der Waals surface area contributed by atoms with Gasteiger partial charge in [-0.3, -0.25) is 0 Å². The van der Waals surface area contributed by atoms with Crippen molar-refractivity contribution in [3.05, 3.63) is 66.2 Å². The van der Waals surface area contributed by atoms with Crippen LogP contribution in [0.25, 0.3) is 0 Å². The zero-order chi connectivity index (χ0) is 22.2. The van der Waals surface area contributed by atoms with E-state index in [1.54, 1.807) is 0 Å². The lowest BCUT2D eigenvalue weighted by atomic mass is 9.79. The number of halogens is 1. The summed E-state index contributed by atoms with van der Waals surface area (Å²) in [5, 5.41) is 0. The number of para-hydroxylation sites is 1. The van der Waals surface area contributed by atoms with Gasteiger partial charge < -0.3 is 26.4 Å². The lowest BCUT2D eigenvalue weighted by Gasteiger charge is -2.51. The van der Waals surface area contributed by atoms with Crippen LogP contribution in [0, 0.1) is 11.8 Å². The summed E-state index contributed by atoms with van der Waals surface area (Å²) in [6, 6.07) is 20.8. The molecule has 31 heavy (non-hydrogen) atoms. The topological polar surface area (TPSA) is 18.5 Å². The van der Waals surface area contributed by atoms with Crippen LogP contribution in [-0.2, 0) is 11.3 Å². The molecule has 0 bridgehead atoms. The number of ether oxygens (including phenoxy) is 2. The van der Waals surface area contributed by atoms with Crippen LogP contribution in [0.3, 0.4) is 0 Å². The molecule has 0 spiro atoms. The average molecular weight is 448 g/mol. The molecule has 0 aliphatic carbocycles. The Bertz CT molecular complexity index is 721. The van der Waals surface area contributed by atoms with Gasteiger partial charge in [-0.1, -0.05) is 76.2 Å². The van der Waals surface area contributed by atoms with E-state index in [4.69, 9.17) is 9.47 Å². The van der Waals surface area contributed by atoms with Gasteiger partial charge >= 0.3 is 0 Å². The molecule has 0 saturated heterocycles. The van der Waals surface area contributed by atoms with Gasteiger partial charge in [0.25, 0.3) is 0 Å². The van der Waals surface area contributed by atoms with Gasteiger partial charge in [-0.15, -0.1) is 0 Å². The molecule has 2 aromatic carbocycles. The Hall–Kier alpha value is -1.55. The van der Waals surface area contributed by atoms with E-state index in [-0.39, 0.29) is 24.2 Å². The molecule has 0 amide bonds. The second-order valence-electron chi connectivity index (χ2n) is 10.1. The SMILES string of the molecule is CC(C)CC(COC(C)Oc1ccccc1)(CC(C)C)[N+](C)(C)Cc1ccccc1.[Cl-]. The molecule has 0 N–H and O–H groups in total. The molecule has 3 nitrogen and oxygen atoms in total. The minimum Gasteiger partial charge on any atom is -1.00 e. The summed E-state index contributed by atoms with van der Waals surface area (Å²) in [6.45, 7) is 12.9. The minimum atomic E-state index is -0.289. The molecule has 0 saturated carbocycles. The molecule has 0 heterocycles. The summed E-state index contributed by atoms with van der Waals surface area (Å²) in [5.74, 6) is 2.03. The molecule has 4 heteroatoms. The molecular formula is C27H42ClNO2. The Labute approximate surface area is 196 Å². The predicted octanol–water partition coefficient (Wildman–Crippen LogP) is 3.54. The summed E-state index contributed by atoms with van der Waals surface area (Å²) in [6.07, 6.45) is 1.94. The first-order chi connectivity index (χ1) is 14.1. The molecule has 1 unspecified atom stereocenters. The molecule has 0 aliphatic rings. The zero-order valence-electron chi connectivity index (χ0n) is 20.5. The normalized spacial score (nSPS) is 13.2. The lowest BCUT2D eigenvalue weighted by Crippen LogP contribution is -3.00. The van der Waals surface area contributed by atoms with Crippen molar-refractivity contribution < 1.29 is 26.4 Å². The Morgan fingerprint density at radius 3 is 1.74 bits per heavy atom. The van der Waals surface area contributed by atoms with Crippen LogP contribution < -0.4 is 17.1 Å². The number of hydrogen-bond acceptors (Lipinski definition) is 2. The van der Waals surface area contributed by atoms with Crippen LogP contribution in [-0.4, -0.2) is 37.0 Å². The van der Waals surface area contributed by atoms with Crippen molar-refractivity contribution in [1.82, 2.24) is 0 Å². The first-order valence-electron chi connectivity index (χ1n) is 11.3. The van der Waals surface area contributed by atoms with E-state index in [1.165, 1.54) is 5.56 Å². The highest BCUT2D eigenvalue weighted by Crippen LogP contribution is 2.37. The van der Waals surface area contributed by atoms with Gasteiger partial charge in [0.15, 0.2) is 6.29 Å². The number of likely N-dealkylation sites (N-methyl/N-ethyl adjacent to an activating group) is 1. The van der Waals surface area contributed by atoms with Crippen LogP contribution in [0.4, 0.5) is 0 Å². The third kappa shape index (κ3) is 8.48. The van der Waals surface area contributed by atoms with Crippen LogP contribution in [0.2, 0.25) is 0 Å². The first-order valence-corrected chi connectivity index (χ1v) is 11.3. The fraction of sp³-hybridized carbons (Fsp3) is 0.556. The number of quaternary nitrogens is 1. The van der Waals surface area contributed by atoms with Crippen molar-refractivity contribution in [2.75, 3.05) is 20.7 Å². The molecular weight excluding hydrogens is 406 g/mol. The Kier molecular flexibility index (Phi) is 11.1. The second-order valence-corrected chi connectivity index (χ2v) is 10.1. The molecule has 0 aromatic heterocycles. The van der Waals surface area contributed by atoms with E-state index in [0.717, 1.165) is 29.6 Å². The molecule has 2 rings (SSSR count). The van der Waals surface area contributed by atoms with Gasteiger partial charge in [0.05, 0.1) is 14.1 Å². The summed E-state index contributed by atoms with van der Waals surface area (Å²) < 4.78 is 13.3. The predicted molar refractivity (Wildman–Crippen MR) is 126 cm³/mol. The summed E-state index contributed by atoms with van der Waals surface area (Å²) in [5.41, 5.74) is 1.37. The average Bonchev–Trinajstić information content (AvgIpc) is 2.66. The van der Waals surface area contributed by atoms with E-state index in [9.17, 15) is 0 Å². The van der Waals surface area contributed by atoms with Crippen molar-refractivity contribution >= 4 is 0 Å². The molecule has 0 radical (unpaired) electrons. The number of nitrogens with zero attached hydrogens (tertiary/aromatic N) is 1. The van der Waals surface area contributed by atoms with Gasteiger partial charge in [0, 0.05) is 18.4 Å². The number of rotatable bonds is 12. The Morgan fingerprint density at radius 1 is 0.774 bits per heavy atom. The quantitative estimate of drug-likeness (QED) is 0.366. The van der Waals surface area contributed by atoms with Crippen molar-refractivity contribution in [3.8, 4) is 5.75 Å². The number of hydrogen-bond donors (Lipinski definition) is 0. The molecule has 0 fully saturated rings. The van der Waals surface area contributed by atoms with Gasteiger partial charge in [-0.25, -0.2) is 0 Å². The summed E-state index contributed by atoms with van der Waals surface area (Å²) >= 11 is 0. The van der Waals surface area contributed by atoms with Gasteiger partial charge in [-0.2, -0.15) is 0 Å². The summed E-state index contributed by atoms with van der Waals surface area (Å²) in [4.78, 5) is 0. The van der Waals surface area contributed by atoms with E-state index >= 15 is 0 Å². The summed E-state index contributed by atoms with van der Waals surface area (Å²) in [7, 11) is 4.73. The van der Waals surface area contributed by atoms with Gasteiger partial charge in [-0.05, 0) is 30.9 Å². The van der Waals surface area contributed by atoms with E-state index in [2.05, 4.69) is 72.1 Å². The fourth-order valence-corrected chi connectivity index (χ4v) is 4.59. The zero-order valence-corrected chi connectivity index (χ0v) is 21.2. The standard InChI is InChI=1S/C27H42NO2.ClH/c1-22(2)18-27(19-23(3)4,28(6,7)20-25-14-10-8-11-15-25)21-29-24(5)30-26-16-12-9-13-17-26;/h8-17,22-24H,18-21H2,1-7H3;1H/q+1;/p-1. The second kappa shape index (κ2) is 12.5. The minimum absolute atomic E-state index is 0. The van der Waals surface area contributed by atoms with Crippen LogP contribution in [0.5, 0.6) is 5.75 Å². The van der Waals surface area contributed by atoms with Gasteiger partial charge in [0.1, 0.15) is 24.4 Å². The highest BCUT2D eigenvalue weighted by molar-refractivity contribution is 5.21. The third-order valence-corrected chi connectivity index (χ3v) is 5.91. The van der Waals surface area contributed by atoms with E-state index < -0.39 is 0 Å². The maximum absolute atomic E-state index is 6.40. The number of benzene rings is 2.